The zero-order valence-corrected chi connectivity index (χ0v) is 12.1. The maximum absolute atomic E-state index is 13.9. The van der Waals surface area contributed by atoms with Crippen LogP contribution < -0.4 is 5.73 Å². The van der Waals surface area contributed by atoms with E-state index in [9.17, 15) is 14.6 Å². The minimum atomic E-state index is -1.14. The smallest absolute Gasteiger partial charge is 0.129 e. The first kappa shape index (κ1) is 15.5. The highest BCUT2D eigenvalue weighted by molar-refractivity contribution is 5.85. The molecule has 2 aliphatic rings. The molecule has 1 spiro atoms. The van der Waals surface area contributed by atoms with Gasteiger partial charge in [-0.3, -0.25) is 0 Å². The van der Waals surface area contributed by atoms with Crippen molar-refractivity contribution in [2.75, 3.05) is 6.54 Å². The third-order valence-electron chi connectivity index (χ3n) is 5.17. The molecule has 0 aliphatic heterocycles. The Morgan fingerprint density at radius 1 is 1.25 bits per heavy atom. The molecule has 0 aromatic heterocycles. The van der Waals surface area contributed by atoms with Crippen LogP contribution in [-0.2, 0) is 5.60 Å². The topological polar surface area (TPSA) is 66.5 Å². The van der Waals surface area contributed by atoms with E-state index in [2.05, 4.69) is 0 Å². The standard InChI is InChI=1S/C15H20FNO2.ClH/c16-13-2-1-11(18)7-12(13)15(19)5-3-14(4-6-15)8-10(14)9-17;/h1-2,7,10,18-19H,3-6,8-9,17H2;1H. The van der Waals surface area contributed by atoms with Crippen molar-refractivity contribution in [3.05, 3.63) is 29.6 Å². The van der Waals surface area contributed by atoms with Crippen LogP contribution in [0.5, 0.6) is 5.75 Å². The molecule has 112 valence electrons. The van der Waals surface area contributed by atoms with E-state index in [0.29, 0.717) is 30.7 Å². The van der Waals surface area contributed by atoms with Crippen LogP contribution >= 0.6 is 12.4 Å². The van der Waals surface area contributed by atoms with Gasteiger partial charge in [-0.1, -0.05) is 0 Å². The SMILES string of the molecule is Cl.NCC1CC12CCC(O)(c1cc(O)ccc1F)CC2. The van der Waals surface area contributed by atoms with E-state index in [1.807, 2.05) is 0 Å². The Morgan fingerprint density at radius 3 is 2.45 bits per heavy atom. The maximum Gasteiger partial charge on any atom is 0.129 e. The molecule has 4 N–H and O–H groups in total. The minimum Gasteiger partial charge on any atom is -0.508 e. The molecule has 2 aliphatic carbocycles. The predicted octanol–water partition coefficient (Wildman–Crippen LogP) is 2.68. The number of aliphatic hydroxyl groups is 1. The van der Waals surface area contributed by atoms with Crippen LogP contribution in [0.4, 0.5) is 4.39 Å². The lowest BCUT2D eigenvalue weighted by Gasteiger charge is -2.37. The normalized spacial score (nSPS) is 35.6. The van der Waals surface area contributed by atoms with E-state index < -0.39 is 11.4 Å². The van der Waals surface area contributed by atoms with Crippen LogP contribution in [0.2, 0.25) is 0 Å². The summed E-state index contributed by atoms with van der Waals surface area (Å²) >= 11 is 0. The highest BCUT2D eigenvalue weighted by Gasteiger charge is 2.56. The number of hydrogen-bond donors (Lipinski definition) is 3. The van der Waals surface area contributed by atoms with Gasteiger partial charge in [-0.05, 0) is 68.2 Å². The Morgan fingerprint density at radius 2 is 1.90 bits per heavy atom. The van der Waals surface area contributed by atoms with Crippen molar-refractivity contribution in [3.8, 4) is 5.75 Å². The minimum absolute atomic E-state index is 0. The van der Waals surface area contributed by atoms with E-state index in [-0.39, 0.29) is 23.7 Å². The van der Waals surface area contributed by atoms with Crippen LogP contribution in [-0.4, -0.2) is 16.8 Å². The Balaban J connectivity index is 0.00000147. The number of aromatic hydroxyl groups is 1. The first-order valence-electron chi connectivity index (χ1n) is 6.91. The first-order valence-corrected chi connectivity index (χ1v) is 6.91. The molecule has 3 nitrogen and oxygen atoms in total. The summed E-state index contributed by atoms with van der Waals surface area (Å²) in [6.07, 6.45) is 4.01. The lowest BCUT2D eigenvalue weighted by molar-refractivity contribution is -0.0238. The van der Waals surface area contributed by atoms with Crippen LogP contribution in [0.25, 0.3) is 0 Å². The quantitative estimate of drug-likeness (QED) is 0.787. The van der Waals surface area contributed by atoms with Crippen LogP contribution in [0.15, 0.2) is 18.2 Å². The first-order chi connectivity index (χ1) is 8.99. The molecular weight excluding hydrogens is 281 g/mol. The summed E-state index contributed by atoms with van der Waals surface area (Å²) < 4.78 is 13.9. The highest BCUT2D eigenvalue weighted by atomic mass is 35.5. The van der Waals surface area contributed by atoms with Gasteiger partial charge < -0.3 is 15.9 Å². The Labute approximate surface area is 124 Å². The van der Waals surface area contributed by atoms with Gasteiger partial charge in [0.1, 0.15) is 11.6 Å². The fourth-order valence-electron chi connectivity index (χ4n) is 3.68. The molecular formula is C15H21ClFNO2. The molecule has 1 atom stereocenters. The number of halogens is 2. The van der Waals surface area contributed by atoms with Gasteiger partial charge in [0, 0.05) is 5.56 Å². The summed E-state index contributed by atoms with van der Waals surface area (Å²) in [4.78, 5) is 0. The average Bonchev–Trinajstić information content (AvgIpc) is 3.10. The lowest BCUT2D eigenvalue weighted by Crippen LogP contribution is -2.34. The fraction of sp³-hybridized carbons (Fsp3) is 0.600. The monoisotopic (exact) mass is 301 g/mol. The molecule has 5 heteroatoms. The zero-order chi connectivity index (χ0) is 13.7. The van der Waals surface area contributed by atoms with Gasteiger partial charge in [0.25, 0.3) is 0 Å². The van der Waals surface area contributed by atoms with Crippen molar-refractivity contribution in [2.45, 2.75) is 37.7 Å². The Hall–Kier alpha value is -0.840. The third-order valence-corrected chi connectivity index (χ3v) is 5.17. The fourth-order valence-corrected chi connectivity index (χ4v) is 3.68. The largest absolute Gasteiger partial charge is 0.508 e. The molecule has 0 heterocycles. The van der Waals surface area contributed by atoms with Crippen molar-refractivity contribution in [1.82, 2.24) is 0 Å². The van der Waals surface area contributed by atoms with Gasteiger partial charge in [-0.2, -0.15) is 0 Å². The summed E-state index contributed by atoms with van der Waals surface area (Å²) in [5, 5.41) is 20.2. The molecule has 2 saturated carbocycles. The van der Waals surface area contributed by atoms with Gasteiger partial charge in [-0.25, -0.2) is 4.39 Å². The van der Waals surface area contributed by atoms with Gasteiger partial charge in [-0.15, -0.1) is 12.4 Å². The zero-order valence-electron chi connectivity index (χ0n) is 11.3. The van der Waals surface area contributed by atoms with Crippen molar-refractivity contribution < 1.29 is 14.6 Å². The van der Waals surface area contributed by atoms with Gasteiger partial charge in [0.2, 0.25) is 0 Å². The summed E-state index contributed by atoms with van der Waals surface area (Å²) in [5.74, 6) is 0.130. The number of nitrogens with two attached hydrogens (primary N) is 1. The molecule has 20 heavy (non-hydrogen) atoms. The van der Waals surface area contributed by atoms with E-state index in [0.717, 1.165) is 19.3 Å². The summed E-state index contributed by atoms with van der Waals surface area (Å²) in [6, 6.07) is 3.87. The average molecular weight is 302 g/mol. The number of benzene rings is 1. The molecule has 0 radical (unpaired) electrons. The number of phenolic OH excluding ortho intramolecular Hbond substituents is 1. The second-order valence-corrected chi connectivity index (χ2v) is 6.19. The van der Waals surface area contributed by atoms with Crippen molar-refractivity contribution in [3.63, 3.8) is 0 Å². The van der Waals surface area contributed by atoms with Gasteiger partial charge >= 0.3 is 0 Å². The highest BCUT2D eigenvalue weighted by Crippen LogP contribution is 2.63. The predicted molar refractivity (Wildman–Crippen MR) is 77.3 cm³/mol. The lowest BCUT2D eigenvalue weighted by atomic mass is 9.72. The second kappa shape index (κ2) is 5.17. The van der Waals surface area contributed by atoms with E-state index in [1.165, 1.54) is 18.2 Å². The molecule has 2 fully saturated rings. The van der Waals surface area contributed by atoms with Crippen molar-refractivity contribution >= 4 is 12.4 Å². The molecule has 3 rings (SSSR count). The van der Waals surface area contributed by atoms with Crippen LogP contribution in [0, 0.1) is 17.2 Å². The van der Waals surface area contributed by atoms with E-state index in [1.54, 1.807) is 0 Å². The maximum atomic E-state index is 13.9. The van der Waals surface area contributed by atoms with Crippen LogP contribution in [0.1, 0.15) is 37.7 Å². The third kappa shape index (κ3) is 2.41. The molecule has 1 aromatic rings. The molecule has 0 bridgehead atoms. The summed E-state index contributed by atoms with van der Waals surface area (Å²) in [5.41, 5.74) is 5.09. The Bertz CT molecular complexity index is 501. The van der Waals surface area contributed by atoms with Crippen molar-refractivity contribution in [2.24, 2.45) is 17.1 Å². The van der Waals surface area contributed by atoms with E-state index in [4.69, 9.17) is 5.73 Å². The molecule has 0 amide bonds. The number of hydrogen-bond acceptors (Lipinski definition) is 3. The molecule has 1 unspecified atom stereocenters. The second-order valence-electron chi connectivity index (χ2n) is 6.19. The Kier molecular flexibility index (Phi) is 4.02. The molecule has 1 aromatic carbocycles. The van der Waals surface area contributed by atoms with Crippen molar-refractivity contribution in [1.29, 1.82) is 0 Å². The summed E-state index contributed by atoms with van der Waals surface area (Å²) in [7, 11) is 0. The van der Waals surface area contributed by atoms with E-state index >= 15 is 0 Å². The summed E-state index contributed by atoms with van der Waals surface area (Å²) in [6.45, 7) is 0.707. The van der Waals surface area contributed by atoms with Gasteiger partial charge in [0.15, 0.2) is 0 Å². The molecule has 0 saturated heterocycles. The van der Waals surface area contributed by atoms with Gasteiger partial charge in [0.05, 0.1) is 5.60 Å². The number of rotatable bonds is 2. The van der Waals surface area contributed by atoms with Crippen LogP contribution in [0.3, 0.4) is 0 Å². The number of phenols is 1.